The fourth-order valence-electron chi connectivity index (χ4n) is 3.70. The summed E-state index contributed by atoms with van der Waals surface area (Å²) in [5.74, 6) is 0.552. The van der Waals surface area contributed by atoms with Crippen molar-refractivity contribution in [1.82, 2.24) is 9.88 Å². The van der Waals surface area contributed by atoms with Crippen LogP contribution in [0, 0.1) is 6.92 Å². The van der Waals surface area contributed by atoms with Crippen molar-refractivity contribution in [1.29, 1.82) is 0 Å². The zero-order chi connectivity index (χ0) is 19.5. The highest BCUT2D eigenvalue weighted by Crippen LogP contribution is 2.33. The molecule has 0 saturated carbocycles. The monoisotopic (exact) mass is 392 g/mol. The number of benzene rings is 2. The molecule has 5 heteroatoms. The molecule has 4 nitrogen and oxygen atoms in total. The average Bonchev–Trinajstić information content (AvgIpc) is 3.16. The molecule has 2 heterocycles. The van der Waals surface area contributed by atoms with Crippen LogP contribution in [0.4, 0.5) is 0 Å². The number of likely N-dealkylation sites (tertiary alicyclic amines) is 1. The summed E-state index contributed by atoms with van der Waals surface area (Å²) < 4.78 is 1.23. The van der Waals surface area contributed by atoms with Gasteiger partial charge < -0.3 is 4.90 Å². The van der Waals surface area contributed by atoms with Crippen LogP contribution in [-0.2, 0) is 4.79 Å². The summed E-state index contributed by atoms with van der Waals surface area (Å²) in [6, 6.07) is 15.8. The number of aryl methyl sites for hydroxylation is 1. The second kappa shape index (κ2) is 8.23. The number of Topliss-reactive ketones (excluding diaryl/α,β-unsaturated/α-hetero) is 1. The van der Waals surface area contributed by atoms with E-state index >= 15 is 0 Å². The van der Waals surface area contributed by atoms with E-state index in [1.165, 1.54) is 9.71 Å². The number of carbonyl (C=O) groups excluding carboxylic acids is 2. The van der Waals surface area contributed by atoms with E-state index in [-0.39, 0.29) is 18.1 Å². The van der Waals surface area contributed by atoms with Gasteiger partial charge in [-0.3, -0.25) is 9.59 Å². The molecular weight excluding hydrogens is 368 g/mol. The Bertz CT molecular complexity index is 952. The molecular formula is C23H24N2O2S. The van der Waals surface area contributed by atoms with Crippen molar-refractivity contribution in [2.24, 2.45) is 0 Å². The van der Waals surface area contributed by atoms with Gasteiger partial charge in [-0.05, 0) is 31.9 Å². The predicted octanol–water partition coefficient (Wildman–Crippen LogP) is 4.97. The molecule has 1 amide bonds. The number of fused-ring (bicyclic) bond motifs is 1. The van der Waals surface area contributed by atoms with E-state index < -0.39 is 0 Å². The molecule has 2 aromatic carbocycles. The first kappa shape index (κ1) is 18.8. The van der Waals surface area contributed by atoms with Gasteiger partial charge in [-0.25, -0.2) is 4.98 Å². The summed E-state index contributed by atoms with van der Waals surface area (Å²) >= 11 is 1.77. The summed E-state index contributed by atoms with van der Waals surface area (Å²) in [6.45, 7) is 3.49. The van der Waals surface area contributed by atoms with Crippen LogP contribution in [0.2, 0.25) is 0 Å². The maximum absolute atomic E-state index is 12.5. The van der Waals surface area contributed by atoms with Crippen molar-refractivity contribution < 1.29 is 9.59 Å². The zero-order valence-corrected chi connectivity index (χ0v) is 16.9. The maximum atomic E-state index is 12.5. The van der Waals surface area contributed by atoms with E-state index in [2.05, 4.69) is 12.1 Å². The molecule has 1 aromatic heterocycles. The largest absolute Gasteiger partial charge is 0.343 e. The molecule has 0 aliphatic carbocycles. The van der Waals surface area contributed by atoms with Crippen molar-refractivity contribution >= 4 is 33.2 Å². The number of amides is 1. The number of ketones is 1. The molecule has 0 N–H and O–H groups in total. The van der Waals surface area contributed by atoms with E-state index in [4.69, 9.17) is 4.98 Å². The van der Waals surface area contributed by atoms with Gasteiger partial charge in [0.15, 0.2) is 5.78 Å². The smallest absolute Gasteiger partial charge is 0.223 e. The average molecular weight is 393 g/mol. The molecule has 1 aliphatic heterocycles. The minimum Gasteiger partial charge on any atom is -0.343 e. The van der Waals surface area contributed by atoms with Crippen molar-refractivity contribution in [2.75, 3.05) is 13.1 Å². The van der Waals surface area contributed by atoms with Crippen molar-refractivity contribution in [3.8, 4) is 0 Å². The summed E-state index contributed by atoms with van der Waals surface area (Å²) in [6.07, 6.45) is 2.45. The highest BCUT2D eigenvalue weighted by Gasteiger charge is 2.26. The topological polar surface area (TPSA) is 50.3 Å². The number of rotatable bonds is 5. The first-order valence-electron chi connectivity index (χ1n) is 9.83. The van der Waals surface area contributed by atoms with Gasteiger partial charge in [0.25, 0.3) is 0 Å². The van der Waals surface area contributed by atoms with E-state index in [1.54, 1.807) is 11.3 Å². The van der Waals surface area contributed by atoms with E-state index in [0.717, 1.165) is 37.0 Å². The minimum absolute atomic E-state index is 0.0395. The molecule has 4 rings (SSSR count). The van der Waals surface area contributed by atoms with Gasteiger partial charge in [0.05, 0.1) is 15.2 Å². The number of hydrogen-bond donors (Lipinski definition) is 0. The second-order valence-corrected chi connectivity index (χ2v) is 8.53. The van der Waals surface area contributed by atoms with E-state index in [9.17, 15) is 9.59 Å². The fourth-order valence-corrected chi connectivity index (χ4v) is 4.84. The summed E-state index contributed by atoms with van der Waals surface area (Å²) in [5, 5.41) is 1.18. The highest BCUT2D eigenvalue weighted by molar-refractivity contribution is 7.18. The van der Waals surface area contributed by atoms with Crippen LogP contribution in [0.25, 0.3) is 10.2 Å². The Morgan fingerprint density at radius 1 is 1.04 bits per heavy atom. The van der Waals surface area contributed by atoms with Crippen LogP contribution in [0.15, 0.2) is 48.5 Å². The summed E-state index contributed by atoms with van der Waals surface area (Å²) in [4.78, 5) is 31.5. The minimum atomic E-state index is 0.0395. The normalized spacial score (nSPS) is 15.1. The SMILES string of the molecule is Cc1ccc(C(=O)CCC(=O)N2CCC(c3nc4ccccc4s3)CC2)cc1. The first-order valence-corrected chi connectivity index (χ1v) is 10.6. The maximum Gasteiger partial charge on any atom is 0.223 e. The van der Waals surface area contributed by atoms with Crippen LogP contribution in [0.3, 0.4) is 0 Å². The van der Waals surface area contributed by atoms with Gasteiger partial charge in [0, 0.05) is 37.4 Å². The van der Waals surface area contributed by atoms with Gasteiger partial charge in [-0.1, -0.05) is 42.0 Å². The van der Waals surface area contributed by atoms with Crippen LogP contribution >= 0.6 is 11.3 Å². The lowest BCUT2D eigenvalue weighted by Gasteiger charge is -2.31. The zero-order valence-electron chi connectivity index (χ0n) is 16.1. The van der Waals surface area contributed by atoms with E-state index in [0.29, 0.717) is 17.9 Å². The first-order chi connectivity index (χ1) is 13.6. The molecule has 28 heavy (non-hydrogen) atoms. The Morgan fingerprint density at radius 3 is 2.46 bits per heavy atom. The Labute approximate surface area is 169 Å². The van der Waals surface area contributed by atoms with Gasteiger partial charge in [-0.2, -0.15) is 0 Å². The summed E-state index contributed by atoms with van der Waals surface area (Å²) in [7, 11) is 0. The number of thiazole rings is 1. The lowest BCUT2D eigenvalue weighted by atomic mass is 9.97. The highest BCUT2D eigenvalue weighted by atomic mass is 32.1. The third kappa shape index (κ3) is 4.14. The number of para-hydroxylation sites is 1. The third-order valence-corrected chi connectivity index (χ3v) is 6.65. The molecule has 1 aliphatic rings. The molecule has 0 atom stereocenters. The summed E-state index contributed by atoms with van der Waals surface area (Å²) in [5.41, 5.74) is 2.88. The fraction of sp³-hybridized carbons (Fsp3) is 0.348. The second-order valence-electron chi connectivity index (χ2n) is 7.46. The molecule has 0 spiro atoms. The molecule has 1 fully saturated rings. The molecule has 144 valence electrons. The predicted molar refractivity (Wildman–Crippen MR) is 113 cm³/mol. The quantitative estimate of drug-likeness (QED) is 0.576. The van der Waals surface area contributed by atoms with Crippen LogP contribution in [0.1, 0.15) is 52.5 Å². The Balaban J connectivity index is 1.29. The number of nitrogens with zero attached hydrogens (tertiary/aromatic N) is 2. The number of hydrogen-bond acceptors (Lipinski definition) is 4. The number of piperidine rings is 1. The molecule has 0 radical (unpaired) electrons. The lowest BCUT2D eigenvalue weighted by molar-refractivity contribution is -0.132. The Morgan fingerprint density at radius 2 is 1.75 bits per heavy atom. The Kier molecular flexibility index (Phi) is 5.53. The number of aromatic nitrogens is 1. The number of carbonyl (C=O) groups is 2. The van der Waals surface area contributed by atoms with Crippen LogP contribution in [0.5, 0.6) is 0 Å². The van der Waals surface area contributed by atoms with Crippen molar-refractivity contribution in [2.45, 2.75) is 38.5 Å². The van der Waals surface area contributed by atoms with E-state index in [1.807, 2.05) is 48.2 Å². The third-order valence-electron chi connectivity index (χ3n) is 5.45. The lowest BCUT2D eigenvalue weighted by Crippen LogP contribution is -2.38. The van der Waals surface area contributed by atoms with Gasteiger partial charge in [0.2, 0.25) is 5.91 Å². The van der Waals surface area contributed by atoms with Crippen LogP contribution < -0.4 is 0 Å². The molecule has 3 aromatic rings. The van der Waals surface area contributed by atoms with Crippen molar-refractivity contribution in [3.63, 3.8) is 0 Å². The van der Waals surface area contributed by atoms with Gasteiger partial charge >= 0.3 is 0 Å². The van der Waals surface area contributed by atoms with Gasteiger partial charge in [-0.15, -0.1) is 11.3 Å². The van der Waals surface area contributed by atoms with Crippen molar-refractivity contribution in [3.05, 3.63) is 64.7 Å². The molecule has 0 unspecified atom stereocenters. The Hall–Kier alpha value is -2.53. The standard InChI is InChI=1S/C23H24N2O2S/c1-16-6-8-17(9-7-16)20(26)10-11-22(27)25-14-12-18(13-15-25)23-24-19-4-2-3-5-21(19)28-23/h2-9,18H,10-15H2,1H3. The van der Waals surface area contributed by atoms with Gasteiger partial charge in [0.1, 0.15) is 0 Å². The van der Waals surface area contributed by atoms with Crippen LogP contribution in [-0.4, -0.2) is 34.7 Å². The molecule has 0 bridgehead atoms. The molecule has 1 saturated heterocycles.